The third-order valence-corrected chi connectivity index (χ3v) is 7.40. The number of hydrogen-bond donors (Lipinski definition) is 2. The Bertz CT molecular complexity index is 986. The lowest BCUT2D eigenvalue weighted by Crippen LogP contribution is -2.48. The van der Waals surface area contributed by atoms with Gasteiger partial charge in [-0.2, -0.15) is 0 Å². The average molecular weight is 478 g/mol. The third-order valence-electron chi connectivity index (χ3n) is 7.40. The van der Waals surface area contributed by atoms with E-state index in [2.05, 4.69) is 42.3 Å². The number of aryl methyl sites for hydroxylation is 2. The number of benzene rings is 2. The van der Waals surface area contributed by atoms with Crippen LogP contribution >= 0.6 is 0 Å². The second kappa shape index (κ2) is 11.7. The predicted molar refractivity (Wildman–Crippen MR) is 139 cm³/mol. The number of carboxylic acids is 1. The van der Waals surface area contributed by atoms with Crippen LogP contribution in [0, 0.1) is 19.8 Å². The van der Waals surface area contributed by atoms with Crippen LogP contribution in [0.5, 0.6) is 0 Å². The minimum atomic E-state index is -0.896. The largest absolute Gasteiger partial charge is 0.478 e. The van der Waals surface area contributed by atoms with Gasteiger partial charge in [-0.05, 0) is 68.7 Å². The molecule has 0 atom stereocenters. The average Bonchev–Trinajstić information content (AvgIpc) is 3.32. The maximum atomic E-state index is 12.7. The molecule has 0 radical (unpaired) electrons. The first-order valence-electron chi connectivity index (χ1n) is 13.0. The molecule has 0 spiro atoms. The van der Waals surface area contributed by atoms with Gasteiger partial charge in [-0.25, -0.2) is 9.59 Å². The molecule has 0 aromatic heterocycles. The molecule has 2 fully saturated rings. The highest BCUT2D eigenvalue weighted by atomic mass is 16.4. The Morgan fingerprint density at radius 2 is 1.51 bits per heavy atom. The van der Waals surface area contributed by atoms with Crippen LogP contribution < -0.4 is 5.32 Å². The number of rotatable bonds is 8. The number of amides is 2. The molecule has 6 nitrogen and oxygen atoms in total. The molecule has 1 saturated heterocycles. The standard InChI is InChI=1S/C29H39N3O3/c1-21-15-22(2)17-25(16-21)20-31(18-23-7-9-26(10-8-23)28(33)34)19-24-11-13-32(14-12-24)29(35)30-27-5-3-4-6-27/h7-10,15-17,24,27H,3-6,11-14,18-20H2,1-2H3,(H,30,35)(H,33,34). The smallest absolute Gasteiger partial charge is 0.335 e. The van der Waals surface area contributed by atoms with Gasteiger partial charge in [0, 0.05) is 38.8 Å². The van der Waals surface area contributed by atoms with Crippen LogP contribution in [0.4, 0.5) is 4.79 Å². The second-order valence-electron chi connectivity index (χ2n) is 10.5. The van der Waals surface area contributed by atoms with E-state index in [-0.39, 0.29) is 6.03 Å². The number of carboxylic acid groups (broad SMARTS) is 1. The van der Waals surface area contributed by atoms with Gasteiger partial charge in [0.25, 0.3) is 0 Å². The topological polar surface area (TPSA) is 72.9 Å². The normalized spacial score (nSPS) is 17.2. The number of urea groups is 1. The minimum absolute atomic E-state index is 0.112. The van der Waals surface area contributed by atoms with Crippen molar-refractivity contribution in [3.63, 3.8) is 0 Å². The van der Waals surface area contributed by atoms with Crippen LogP contribution in [0.3, 0.4) is 0 Å². The van der Waals surface area contributed by atoms with Gasteiger partial charge in [-0.1, -0.05) is 54.3 Å². The maximum Gasteiger partial charge on any atom is 0.335 e. The van der Waals surface area contributed by atoms with E-state index in [0.717, 1.165) is 64.0 Å². The number of nitrogens with one attached hydrogen (secondary N) is 1. The van der Waals surface area contributed by atoms with Crippen LogP contribution in [0.2, 0.25) is 0 Å². The fourth-order valence-electron chi connectivity index (χ4n) is 5.63. The number of carbonyl (C=O) groups excluding carboxylic acids is 1. The predicted octanol–water partition coefficient (Wildman–Crippen LogP) is 5.37. The first-order valence-corrected chi connectivity index (χ1v) is 13.0. The number of hydrogen-bond acceptors (Lipinski definition) is 3. The van der Waals surface area contributed by atoms with Gasteiger partial charge in [-0.15, -0.1) is 0 Å². The van der Waals surface area contributed by atoms with E-state index >= 15 is 0 Å². The van der Waals surface area contributed by atoms with Gasteiger partial charge in [0.2, 0.25) is 0 Å². The summed E-state index contributed by atoms with van der Waals surface area (Å²) in [6, 6.07) is 14.4. The fourth-order valence-corrected chi connectivity index (χ4v) is 5.63. The monoisotopic (exact) mass is 477 g/mol. The molecular formula is C29H39N3O3. The molecule has 0 unspecified atom stereocenters. The summed E-state index contributed by atoms with van der Waals surface area (Å²) in [5.74, 6) is -0.359. The molecule has 188 valence electrons. The Morgan fingerprint density at radius 1 is 0.914 bits per heavy atom. The Balaban J connectivity index is 1.38. The molecule has 6 heteroatoms. The molecule has 1 aliphatic heterocycles. The van der Waals surface area contributed by atoms with Crippen molar-refractivity contribution in [3.8, 4) is 0 Å². The molecule has 2 aromatic carbocycles. The first kappa shape index (κ1) is 25.2. The zero-order valence-electron chi connectivity index (χ0n) is 21.1. The highest BCUT2D eigenvalue weighted by Crippen LogP contribution is 2.23. The van der Waals surface area contributed by atoms with E-state index < -0.39 is 5.97 Å². The zero-order chi connectivity index (χ0) is 24.8. The van der Waals surface area contributed by atoms with E-state index in [9.17, 15) is 14.7 Å². The lowest BCUT2D eigenvalue weighted by Gasteiger charge is -2.35. The number of carbonyl (C=O) groups is 2. The first-order chi connectivity index (χ1) is 16.9. The molecule has 0 bridgehead atoms. The van der Waals surface area contributed by atoms with E-state index in [1.807, 2.05) is 17.0 Å². The summed E-state index contributed by atoms with van der Waals surface area (Å²) in [4.78, 5) is 28.4. The molecule has 2 N–H and O–H groups in total. The molecular weight excluding hydrogens is 438 g/mol. The van der Waals surface area contributed by atoms with Crippen molar-refractivity contribution >= 4 is 12.0 Å². The van der Waals surface area contributed by atoms with Gasteiger partial charge in [0.05, 0.1) is 5.56 Å². The van der Waals surface area contributed by atoms with Crippen LogP contribution in [0.25, 0.3) is 0 Å². The van der Waals surface area contributed by atoms with Crippen molar-refractivity contribution in [1.82, 2.24) is 15.1 Å². The van der Waals surface area contributed by atoms with Gasteiger partial charge >= 0.3 is 12.0 Å². The molecule has 2 aromatic rings. The zero-order valence-corrected chi connectivity index (χ0v) is 21.1. The van der Waals surface area contributed by atoms with E-state index in [0.29, 0.717) is 17.5 Å². The number of likely N-dealkylation sites (tertiary alicyclic amines) is 1. The third kappa shape index (κ3) is 7.31. The van der Waals surface area contributed by atoms with E-state index in [1.54, 1.807) is 12.1 Å². The number of aromatic carboxylic acids is 1. The van der Waals surface area contributed by atoms with Crippen LogP contribution in [-0.4, -0.2) is 52.6 Å². The van der Waals surface area contributed by atoms with Crippen LogP contribution in [0.15, 0.2) is 42.5 Å². The van der Waals surface area contributed by atoms with Crippen molar-refractivity contribution in [1.29, 1.82) is 0 Å². The number of nitrogens with zero attached hydrogens (tertiary/aromatic N) is 2. The van der Waals surface area contributed by atoms with Crippen LogP contribution in [0.1, 0.15) is 71.1 Å². The summed E-state index contributed by atoms with van der Waals surface area (Å²) in [6.45, 7) is 8.49. The summed E-state index contributed by atoms with van der Waals surface area (Å²) >= 11 is 0. The quantitative estimate of drug-likeness (QED) is 0.536. The number of piperidine rings is 1. The van der Waals surface area contributed by atoms with Crippen molar-refractivity contribution < 1.29 is 14.7 Å². The minimum Gasteiger partial charge on any atom is -0.478 e. The Labute approximate surface area is 209 Å². The van der Waals surface area contributed by atoms with Crippen molar-refractivity contribution in [3.05, 3.63) is 70.3 Å². The van der Waals surface area contributed by atoms with Gasteiger partial charge < -0.3 is 15.3 Å². The lowest BCUT2D eigenvalue weighted by molar-refractivity contribution is 0.0697. The molecule has 4 rings (SSSR count). The Kier molecular flexibility index (Phi) is 8.45. The molecule has 35 heavy (non-hydrogen) atoms. The summed E-state index contributed by atoms with van der Waals surface area (Å²) in [5.41, 5.74) is 5.28. The second-order valence-corrected chi connectivity index (χ2v) is 10.5. The molecule has 1 aliphatic carbocycles. The summed E-state index contributed by atoms with van der Waals surface area (Å²) < 4.78 is 0. The Morgan fingerprint density at radius 3 is 2.11 bits per heavy atom. The SMILES string of the molecule is Cc1cc(C)cc(CN(Cc2ccc(C(=O)O)cc2)CC2CCN(C(=O)NC3CCCC3)CC2)c1. The molecule has 2 aliphatic rings. The van der Waals surface area contributed by atoms with Gasteiger partial charge in [0.1, 0.15) is 0 Å². The molecule has 2 amide bonds. The molecule has 1 saturated carbocycles. The fraction of sp³-hybridized carbons (Fsp3) is 0.517. The van der Waals surface area contributed by atoms with E-state index in [4.69, 9.17) is 0 Å². The Hall–Kier alpha value is -2.86. The summed E-state index contributed by atoms with van der Waals surface area (Å²) in [5, 5.41) is 12.4. The van der Waals surface area contributed by atoms with Crippen molar-refractivity contribution in [2.45, 2.75) is 71.5 Å². The summed E-state index contributed by atoms with van der Waals surface area (Å²) in [7, 11) is 0. The highest BCUT2D eigenvalue weighted by Gasteiger charge is 2.26. The van der Waals surface area contributed by atoms with Gasteiger partial charge in [0.15, 0.2) is 0 Å². The van der Waals surface area contributed by atoms with Crippen molar-refractivity contribution in [2.75, 3.05) is 19.6 Å². The van der Waals surface area contributed by atoms with Crippen LogP contribution in [-0.2, 0) is 13.1 Å². The molecule has 1 heterocycles. The maximum absolute atomic E-state index is 12.7. The highest BCUT2D eigenvalue weighted by molar-refractivity contribution is 5.87. The van der Waals surface area contributed by atoms with Crippen molar-refractivity contribution in [2.24, 2.45) is 5.92 Å². The van der Waals surface area contributed by atoms with Gasteiger partial charge in [-0.3, -0.25) is 4.90 Å². The summed E-state index contributed by atoms with van der Waals surface area (Å²) in [6.07, 6.45) is 6.70. The lowest BCUT2D eigenvalue weighted by atomic mass is 9.95. The van der Waals surface area contributed by atoms with E-state index in [1.165, 1.54) is 29.5 Å².